The molecule has 2 heterocycles. The molecule has 1 saturated heterocycles. The summed E-state index contributed by atoms with van der Waals surface area (Å²) in [4.78, 5) is 35.6. The number of nitrogens with one attached hydrogen (secondary N) is 2. The van der Waals surface area contributed by atoms with Crippen LogP contribution in [-0.2, 0) is 11.3 Å². The second kappa shape index (κ2) is 9.73. The molecule has 37 heavy (non-hydrogen) atoms. The van der Waals surface area contributed by atoms with Crippen molar-refractivity contribution in [2.75, 3.05) is 6.54 Å². The van der Waals surface area contributed by atoms with Crippen molar-refractivity contribution >= 4 is 23.0 Å². The van der Waals surface area contributed by atoms with Gasteiger partial charge in [-0.1, -0.05) is 48.5 Å². The van der Waals surface area contributed by atoms with Crippen LogP contribution in [0.3, 0.4) is 0 Å². The van der Waals surface area contributed by atoms with E-state index < -0.39 is 0 Å². The van der Waals surface area contributed by atoms with Gasteiger partial charge in [-0.15, -0.1) is 0 Å². The third-order valence-electron chi connectivity index (χ3n) is 7.31. The van der Waals surface area contributed by atoms with Crippen LogP contribution in [0.15, 0.2) is 66.7 Å². The van der Waals surface area contributed by atoms with Crippen molar-refractivity contribution in [1.29, 1.82) is 0 Å². The molecule has 0 unspecified atom stereocenters. The lowest BCUT2D eigenvalue weighted by molar-refractivity contribution is 0.0909. The van der Waals surface area contributed by atoms with Gasteiger partial charge in [-0.2, -0.15) is 0 Å². The molecule has 0 radical (unpaired) electrons. The van der Waals surface area contributed by atoms with Crippen molar-refractivity contribution in [3.8, 4) is 11.1 Å². The number of nitrogens with zero attached hydrogens (tertiary/aromatic N) is 2. The normalized spacial score (nSPS) is 17.2. The number of ether oxygens (including phenoxy) is 1. The minimum absolute atomic E-state index is 0.00719. The van der Waals surface area contributed by atoms with Crippen LogP contribution in [0.1, 0.15) is 59.0 Å². The third kappa shape index (κ3) is 4.81. The number of rotatable bonds is 6. The van der Waals surface area contributed by atoms with Crippen LogP contribution in [0.2, 0.25) is 0 Å². The van der Waals surface area contributed by atoms with Gasteiger partial charge in [0, 0.05) is 18.2 Å². The van der Waals surface area contributed by atoms with Crippen LogP contribution >= 0.6 is 0 Å². The Kier molecular flexibility index (Phi) is 6.12. The molecule has 1 saturated carbocycles. The number of hydrogen-bond donors (Lipinski definition) is 2. The fourth-order valence-electron chi connectivity index (χ4n) is 5.11. The SMILES string of the molecule is Cc1c(C(=O)NC2CC2)cccc1-c1ccc2nc([C@@H]3CCCN3C(=O)OCc3ccccc3)[nH]c2c1. The molecule has 6 rings (SSSR count). The molecule has 0 bridgehead atoms. The minimum atomic E-state index is -0.315. The molecule has 4 aromatic rings. The summed E-state index contributed by atoms with van der Waals surface area (Å²) in [7, 11) is 0. The molecule has 1 aliphatic heterocycles. The van der Waals surface area contributed by atoms with E-state index in [4.69, 9.17) is 9.72 Å². The number of aromatic nitrogens is 2. The number of imidazole rings is 1. The predicted octanol–water partition coefficient (Wildman–Crippen LogP) is 5.90. The molecule has 0 spiro atoms. The number of benzene rings is 3. The first-order chi connectivity index (χ1) is 18.1. The molecule has 1 aliphatic carbocycles. The Morgan fingerprint density at radius 3 is 2.70 bits per heavy atom. The van der Waals surface area contributed by atoms with Crippen molar-refractivity contribution in [1.82, 2.24) is 20.2 Å². The molecule has 7 nitrogen and oxygen atoms in total. The molecule has 2 aliphatic rings. The molecular formula is C30H30N4O3. The smallest absolute Gasteiger partial charge is 0.410 e. The highest BCUT2D eigenvalue weighted by molar-refractivity contribution is 5.98. The van der Waals surface area contributed by atoms with Crippen molar-refractivity contribution in [3.63, 3.8) is 0 Å². The molecule has 2 fully saturated rings. The number of carbonyl (C=O) groups is 2. The van der Waals surface area contributed by atoms with Gasteiger partial charge in [-0.3, -0.25) is 9.69 Å². The van der Waals surface area contributed by atoms with Gasteiger partial charge < -0.3 is 15.0 Å². The van der Waals surface area contributed by atoms with E-state index in [0.29, 0.717) is 18.2 Å². The zero-order valence-electron chi connectivity index (χ0n) is 20.9. The monoisotopic (exact) mass is 494 g/mol. The molecule has 2 amide bonds. The van der Waals surface area contributed by atoms with Crippen LogP contribution in [0.5, 0.6) is 0 Å². The van der Waals surface area contributed by atoms with E-state index >= 15 is 0 Å². The predicted molar refractivity (Wildman–Crippen MR) is 142 cm³/mol. The highest BCUT2D eigenvalue weighted by Crippen LogP contribution is 2.34. The molecule has 1 aromatic heterocycles. The Morgan fingerprint density at radius 2 is 1.89 bits per heavy atom. The second-order valence-electron chi connectivity index (χ2n) is 9.97. The molecule has 3 aromatic carbocycles. The van der Waals surface area contributed by atoms with E-state index in [2.05, 4.69) is 16.4 Å². The summed E-state index contributed by atoms with van der Waals surface area (Å²) in [6, 6.07) is 21.9. The Hall–Kier alpha value is -4.13. The van der Waals surface area contributed by atoms with E-state index in [1.54, 1.807) is 4.90 Å². The summed E-state index contributed by atoms with van der Waals surface area (Å²) in [6.07, 6.45) is 3.55. The first-order valence-electron chi connectivity index (χ1n) is 12.9. The topological polar surface area (TPSA) is 87.3 Å². The minimum Gasteiger partial charge on any atom is -0.445 e. The molecular weight excluding hydrogens is 464 g/mol. The van der Waals surface area contributed by atoms with Crippen molar-refractivity contribution in [2.24, 2.45) is 0 Å². The van der Waals surface area contributed by atoms with Crippen LogP contribution in [0.25, 0.3) is 22.2 Å². The number of H-pyrrole nitrogens is 1. The summed E-state index contributed by atoms with van der Waals surface area (Å²) in [6.45, 7) is 2.90. The number of aromatic amines is 1. The van der Waals surface area contributed by atoms with Crippen LogP contribution in [0, 0.1) is 6.92 Å². The maximum absolute atomic E-state index is 12.9. The Labute approximate surface area is 215 Å². The first-order valence-corrected chi connectivity index (χ1v) is 12.9. The van der Waals surface area contributed by atoms with Crippen LogP contribution < -0.4 is 5.32 Å². The second-order valence-corrected chi connectivity index (χ2v) is 9.97. The van der Waals surface area contributed by atoms with Crippen LogP contribution in [0.4, 0.5) is 4.79 Å². The van der Waals surface area contributed by atoms with Crippen molar-refractivity contribution in [3.05, 3.63) is 89.2 Å². The van der Waals surface area contributed by atoms with E-state index in [9.17, 15) is 9.59 Å². The standard InChI is InChI=1S/C30H30N4O3/c1-19-23(9-5-10-24(19)29(35)31-22-13-14-22)21-12-15-25-26(17-21)33-28(32-25)27-11-6-16-34(27)30(36)37-18-20-7-3-2-4-8-20/h2-5,7-10,12,15,17,22,27H,6,11,13-14,16,18H2,1H3,(H,31,35)(H,32,33)/t27-/m0/s1. The average molecular weight is 495 g/mol. The Bertz CT molecular complexity index is 1460. The van der Waals surface area contributed by atoms with Gasteiger partial charge in [0.2, 0.25) is 0 Å². The Balaban J connectivity index is 1.22. The van der Waals surface area contributed by atoms with Gasteiger partial charge in [0.25, 0.3) is 5.91 Å². The number of likely N-dealkylation sites (tertiary alicyclic amines) is 1. The third-order valence-corrected chi connectivity index (χ3v) is 7.31. The highest BCUT2D eigenvalue weighted by Gasteiger charge is 2.33. The molecule has 7 heteroatoms. The summed E-state index contributed by atoms with van der Waals surface area (Å²) < 4.78 is 5.60. The maximum Gasteiger partial charge on any atom is 0.410 e. The number of fused-ring (bicyclic) bond motifs is 1. The van der Waals surface area contributed by atoms with Gasteiger partial charge in [-0.05, 0) is 73.1 Å². The van der Waals surface area contributed by atoms with E-state index in [-0.39, 0.29) is 24.6 Å². The number of hydrogen-bond acceptors (Lipinski definition) is 4. The summed E-state index contributed by atoms with van der Waals surface area (Å²) in [5, 5.41) is 3.09. The molecule has 188 valence electrons. The average Bonchev–Trinajstić information content (AvgIpc) is 3.42. The van der Waals surface area contributed by atoms with Gasteiger partial charge in [-0.25, -0.2) is 9.78 Å². The lowest BCUT2D eigenvalue weighted by Crippen LogP contribution is -2.31. The highest BCUT2D eigenvalue weighted by atomic mass is 16.6. The van der Waals surface area contributed by atoms with E-state index in [0.717, 1.165) is 64.8 Å². The lowest BCUT2D eigenvalue weighted by Gasteiger charge is -2.22. The largest absolute Gasteiger partial charge is 0.445 e. The fourth-order valence-corrected chi connectivity index (χ4v) is 5.11. The molecule has 2 N–H and O–H groups in total. The van der Waals surface area contributed by atoms with Gasteiger partial charge >= 0.3 is 6.09 Å². The first kappa shape index (κ1) is 23.3. The number of carbonyl (C=O) groups excluding carboxylic acids is 2. The summed E-state index contributed by atoms with van der Waals surface area (Å²) >= 11 is 0. The van der Waals surface area contributed by atoms with Crippen molar-refractivity contribution in [2.45, 2.75) is 51.3 Å². The fraction of sp³-hybridized carbons (Fsp3) is 0.300. The van der Waals surface area contributed by atoms with Crippen molar-refractivity contribution < 1.29 is 14.3 Å². The maximum atomic E-state index is 12.9. The van der Waals surface area contributed by atoms with Crippen LogP contribution in [-0.4, -0.2) is 39.5 Å². The lowest BCUT2D eigenvalue weighted by atomic mass is 9.96. The Morgan fingerprint density at radius 1 is 1.05 bits per heavy atom. The molecule has 1 atom stereocenters. The van der Waals surface area contributed by atoms with Gasteiger partial charge in [0.1, 0.15) is 12.4 Å². The van der Waals surface area contributed by atoms with Gasteiger partial charge in [0.05, 0.1) is 17.1 Å². The van der Waals surface area contributed by atoms with E-state index in [1.165, 1.54) is 0 Å². The van der Waals surface area contributed by atoms with E-state index in [1.807, 2.05) is 67.6 Å². The van der Waals surface area contributed by atoms with Gasteiger partial charge in [0.15, 0.2) is 0 Å². The zero-order valence-corrected chi connectivity index (χ0v) is 20.9. The number of amides is 2. The summed E-state index contributed by atoms with van der Waals surface area (Å²) in [5.41, 5.74) is 6.44. The zero-order chi connectivity index (χ0) is 25.4. The summed E-state index contributed by atoms with van der Waals surface area (Å²) in [5.74, 6) is 0.767. The quantitative estimate of drug-likeness (QED) is 0.349.